The summed E-state index contributed by atoms with van der Waals surface area (Å²) in [5.41, 5.74) is 0. The molecule has 18 heavy (non-hydrogen) atoms. The summed E-state index contributed by atoms with van der Waals surface area (Å²) in [7, 11) is -3.87. The van der Waals surface area contributed by atoms with Gasteiger partial charge in [-0.05, 0) is 12.1 Å². The Morgan fingerprint density at radius 1 is 1.39 bits per heavy atom. The van der Waals surface area contributed by atoms with Gasteiger partial charge in [-0.1, -0.05) is 18.2 Å². The molecule has 0 bridgehead atoms. The summed E-state index contributed by atoms with van der Waals surface area (Å²) in [6.45, 7) is 0.839. The highest BCUT2D eigenvalue weighted by molar-refractivity contribution is 7.86. The summed E-state index contributed by atoms with van der Waals surface area (Å²) < 4.78 is 28.0. The second kappa shape index (κ2) is 6.48. The average molecular weight is 273 g/mol. The maximum absolute atomic E-state index is 11.7. The van der Waals surface area contributed by atoms with Crippen LogP contribution in [0.5, 0.6) is 0 Å². The predicted molar refractivity (Wildman–Crippen MR) is 64.3 cm³/mol. The Morgan fingerprint density at radius 2 is 2.00 bits per heavy atom. The van der Waals surface area contributed by atoms with Crippen molar-refractivity contribution < 1.29 is 22.5 Å². The van der Waals surface area contributed by atoms with Crippen LogP contribution in [0.3, 0.4) is 0 Å². The number of aliphatic hydroxyl groups is 1. The maximum atomic E-state index is 11.7. The summed E-state index contributed by atoms with van der Waals surface area (Å²) >= 11 is 0. The number of aliphatic hydroxyl groups excluding tert-OH is 1. The molecule has 0 fully saturated rings. The van der Waals surface area contributed by atoms with E-state index >= 15 is 0 Å². The lowest BCUT2D eigenvalue weighted by Crippen LogP contribution is -2.33. The van der Waals surface area contributed by atoms with Crippen molar-refractivity contribution in [3.05, 3.63) is 30.3 Å². The highest BCUT2D eigenvalue weighted by Gasteiger charge is 2.16. The molecule has 1 aromatic rings. The van der Waals surface area contributed by atoms with Crippen molar-refractivity contribution in [3.8, 4) is 0 Å². The quantitative estimate of drug-likeness (QED) is 0.705. The molecule has 0 saturated heterocycles. The van der Waals surface area contributed by atoms with Gasteiger partial charge in [0.25, 0.3) is 10.1 Å². The highest BCUT2D eigenvalue weighted by Crippen LogP contribution is 2.11. The van der Waals surface area contributed by atoms with Crippen molar-refractivity contribution in [2.75, 3.05) is 13.2 Å². The number of amides is 1. The second-order valence-electron chi connectivity index (χ2n) is 3.64. The lowest BCUT2D eigenvalue weighted by molar-refractivity contribution is -0.119. The summed E-state index contributed by atoms with van der Waals surface area (Å²) in [6, 6.07) is 7.63. The van der Waals surface area contributed by atoms with Crippen LogP contribution in [0.1, 0.15) is 6.92 Å². The molecule has 0 aliphatic carbocycles. The molecular formula is C11H15NO5S. The smallest absolute Gasteiger partial charge is 0.297 e. The van der Waals surface area contributed by atoms with E-state index in [1.807, 2.05) is 0 Å². The molecule has 6 nitrogen and oxygen atoms in total. The van der Waals surface area contributed by atoms with Gasteiger partial charge in [0.1, 0.15) is 0 Å². The van der Waals surface area contributed by atoms with Crippen LogP contribution in [0.4, 0.5) is 0 Å². The number of carbonyl (C=O) groups excluding carboxylic acids is 1. The number of carbonyl (C=O) groups is 1. The third-order valence-electron chi connectivity index (χ3n) is 2.03. The molecule has 1 rings (SSSR count). The van der Waals surface area contributed by atoms with E-state index in [9.17, 15) is 18.3 Å². The molecule has 1 atom stereocenters. The highest BCUT2D eigenvalue weighted by atomic mass is 32.2. The summed E-state index contributed by atoms with van der Waals surface area (Å²) in [5, 5.41) is 11.8. The largest absolute Gasteiger partial charge is 0.389 e. The van der Waals surface area contributed by atoms with Gasteiger partial charge in [-0.25, -0.2) is 0 Å². The van der Waals surface area contributed by atoms with E-state index in [-0.39, 0.29) is 17.3 Å². The summed E-state index contributed by atoms with van der Waals surface area (Å²) in [4.78, 5) is 10.6. The van der Waals surface area contributed by atoms with Crippen molar-refractivity contribution in [1.29, 1.82) is 0 Å². The first-order valence-electron chi connectivity index (χ1n) is 5.29. The summed E-state index contributed by atoms with van der Waals surface area (Å²) in [6.07, 6.45) is -1.08. The molecule has 0 spiro atoms. The lowest BCUT2D eigenvalue weighted by Gasteiger charge is -2.11. The van der Waals surface area contributed by atoms with Crippen LogP contribution in [0.2, 0.25) is 0 Å². The van der Waals surface area contributed by atoms with Crippen LogP contribution in [0.15, 0.2) is 35.2 Å². The molecule has 100 valence electrons. The molecule has 0 aliphatic heterocycles. The number of rotatable bonds is 6. The Labute approximate surface area is 106 Å². The van der Waals surface area contributed by atoms with Gasteiger partial charge < -0.3 is 10.4 Å². The van der Waals surface area contributed by atoms with Crippen LogP contribution in [0, 0.1) is 0 Å². The molecule has 1 amide bonds. The van der Waals surface area contributed by atoms with E-state index in [1.165, 1.54) is 19.1 Å². The monoisotopic (exact) mass is 273 g/mol. The van der Waals surface area contributed by atoms with Crippen LogP contribution in [-0.4, -0.2) is 38.7 Å². The van der Waals surface area contributed by atoms with Crippen LogP contribution >= 0.6 is 0 Å². The third-order valence-corrected chi connectivity index (χ3v) is 3.33. The Morgan fingerprint density at radius 3 is 2.56 bits per heavy atom. The normalized spacial score (nSPS) is 13.0. The zero-order valence-corrected chi connectivity index (χ0v) is 10.7. The zero-order chi connectivity index (χ0) is 13.6. The van der Waals surface area contributed by atoms with Gasteiger partial charge in [-0.3, -0.25) is 8.98 Å². The Hall–Kier alpha value is -1.44. The predicted octanol–water partition coefficient (Wildman–Crippen LogP) is -0.111. The number of hydrogen-bond acceptors (Lipinski definition) is 5. The number of nitrogens with one attached hydrogen (secondary N) is 1. The fourth-order valence-electron chi connectivity index (χ4n) is 1.14. The van der Waals surface area contributed by atoms with Gasteiger partial charge in [0.15, 0.2) is 0 Å². The van der Waals surface area contributed by atoms with Crippen molar-refractivity contribution in [2.24, 2.45) is 0 Å². The molecule has 0 radical (unpaired) electrons. The van der Waals surface area contributed by atoms with Gasteiger partial charge >= 0.3 is 0 Å². The van der Waals surface area contributed by atoms with Crippen molar-refractivity contribution in [1.82, 2.24) is 5.32 Å². The van der Waals surface area contributed by atoms with Crippen molar-refractivity contribution >= 4 is 16.0 Å². The molecular weight excluding hydrogens is 258 g/mol. The average Bonchev–Trinajstić information content (AvgIpc) is 2.35. The fraction of sp³-hybridized carbons (Fsp3) is 0.364. The SMILES string of the molecule is CC(=O)NCC(O)COS(=O)(=O)c1ccccc1. The van der Waals surface area contributed by atoms with Crippen LogP contribution in [0.25, 0.3) is 0 Å². The van der Waals surface area contributed by atoms with E-state index in [4.69, 9.17) is 0 Å². The van der Waals surface area contributed by atoms with Crippen molar-refractivity contribution in [3.63, 3.8) is 0 Å². The maximum Gasteiger partial charge on any atom is 0.297 e. The first kappa shape index (κ1) is 14.6. The molecule has 1 unspecified atom stereocenters. The number of hydrogen-bond donors (Lipinski definition) is 2. The fourth-order valence-corrected chi connectivity index (χ4v) is 2.11. The van der Waals surface area contributed by atoms with Crippen molar-refractivity contribution in [2.45, 2.75) is 17.9 Å². The van der Waals surface area contributed by atoms with E-state index in [0.29, 0.717) is 0 Å². The van der Waals surface area contributed by atoms with Gasteiger partial charge in [0.2, 0.25) is 5.91 Å². The minimum absolute atomic E-state index is 0.0247. The topological polar surface area (TPSA) is 92.7 Å². The zero-order valence-electron chi connectivity index (χ0n) is 9.87. The van der Waals surface area contributed by atoms with E-state index in [1.54, 1.807) is 18.2 Å². The molecule has 7 heteroatoms. The number of benzene rings is 1. The van der Waals surface area contributed by atoms with Gasteiger partial charge in [-0.2, -0.15) is 8.42 Å². The molecule has 0 saturated carbocycles. The minimum atomic E-state index is -3.87. The standard InChI is InChI=1S/C11H15NO5S/c1-9(13)12-7-10(14)8-17-18(15,16)11-5-3-2-4-6-11/h2-6,10,14H,7-8H2,1H3,(H,12,13). The van der Waals surface area contributed by atoms with Gasteiger partial charge in [0, 0.05) is 13.5 Å². The molecule has 1 aromatic carbocycles. The van der Waals surface area contributed by atoms with E-state index < -0.39 is 22.8 Å². The molecule has 0 aromatic heterocycles. The summed E-state index contributed by atoms with van der Waals surface area (Å²) in [5.74, 6) is -0.306. The van der Waals surface area contributed by atoms with Gasteiger partial charge in [-0.15, -0.1) is 0 Å². The van der Waals surface area contributed by atoms with E-state index in [0.717, 1.165) is 0 Å². The Bertz CT molecular complexity index is 485. The molecule has 0 aliphatic rings. The molecule has 0 heterocycles. The first-order chi connectivity index (χ1) is 8.42. The minimum Gasteiger partial charge on any atom is -0.389 e. The Kier molecular flexibility index (Phi) is 5.26. The van der Waals surface area contributed by atoms with Gasteiger partial charge in [0.05, 0.1) is 17.6 Å². The third kappa shape index (κ3) is 4.82. The second-order valence-corrected chi connectivity index (χ2v) is 5.26. The first-order valence-corrected chi connectivity index (χ1v) is 6.69. The van der Waals surface area contributed by atoms with Crippen LogP contribution < -0.4 is 5.32 Å². The van der Waals surface area contributed by atoms with Crippen LogP contribution in [-0.2, 0) is 19.1 Å². The lowest BCUT2D eigenvalue weighted by atomic mass is 10.4. The molecule has 2 N–H and O–H groups in total. The van der Waals surface area contributed by atoms with E-state index in [2.05, 4.69) is 9.50 Å². The Balaban J connectivity index is 2.50.